The smallest absolute Gasteiger partial charge is 0.407 e. The molecule has 1 amide bonds. The van der Waals surface area contributed by atoms with Gasteiger partial charge in [0.15, 0.2) is 0 Å². The number of piperidine rings is 1. The molecule has 1 aliphatic rings. The highest BCUT2D eigenvalue weighted by Gasteiger charge is 2.24. The van der Waals surface area contributed by atoms with E-state index in [4.69, 9.17) is 9.84 Å². The van der Waals surface area contributed by atoms with Gasteiger partial charge in [0.1, 0.15) is 11.9 Å². The molecule has 0 saturated carbocycles. The molecule has 7 nitrogen and oxygen atoms in total. The minimum absolute atomic E-state index is 0.0328. The SMILES string of the molecule is Cc1ccc(OC2CCN(C(=O)O)CC2)cc1[N+](=O)[O-]. The lowest BCUT2D eigenvalue weighted by Crippen LogP contribution is -2.41. The number of likely N-dealkylation sites (tertiary alicyclic amines) is 1. The van der Waals surface area contributed by atoms with Crippen LogP contribution in [0.2, 0.25) is 0 Å². The summed E-state index contributed by atoms with van der Waals surface area (Å²) in [6, 6.07) is 4.77. The predicted molar refractivity (Wildman–Crippen MR) is 71.1 cm³/mol. The molecule has 20 heavy (non-hydrogen) atoms. The summed E-state index contributed by atoms with van der Waals surface area (Å²) in [4.78, 5) is 22.6. The van der Waals surface area contributed by atoms with Gasteiger partial charge in [-0.15, -0.1) is 0 Å². The molecule has 1 fully saturated rings. The van der Waals surface area contributed by atoms with Gasteiger partial charge in [-0.1, -0.05) is 0 Å². The van der Waals surface area contributed by atoms with Crippen LogP contribution in [-0.2, 0) is 0 Å². The van der Waals surface area contributed by atoms with Crippen molar-refractivity contribution in [2.45, 2.75) is 25.9 Å². The normalized spacial score (nSPS) is 15.9. The molecular formula is C13H16N2O5. The molecule has 0 radical (unpaired) electrons. The molecule has 0 bridgehead atoms. The average molecular weight is 280 g/mol. The maximum absolute atomic E-state index is 10.9. The molecule has 1 heterocycles. The van der Waals surface area contributed by atoms with Gasteiger partial charge in [-0.05, 0) is 19.1 Å². The van der Waals surface area contributed by atoms with Crippen molar-refractivity contribution in [3.63, 3.8) is 0 Å². The molecule has 1 N–H and O–H groups in total. The van der Waals surface area contributed by atoms with E-state index in [1.807, 2.05) is 0 Å². The summed E-state index contributed by atoms with van der Waals surface area (Å²) >= 11 is 0. The second-order valence-corrected chi connectivity index (χ2v) is 4.79. The summed E-state index contributed by atoms with van der Waals surface area (Å²) in [6.07, 6.45) is 0.157. The van der Waals surface area contributed by atoms with E-state index < -0.39 is 11.0 Å². The largest absolute Gasteiger partial charge is 0.490 e. The van der Waals surface area contributed by atoms with Crippen LogP contribution in [0.4, 0.5) is 10.5 Å². The fraction of sp³-hybridized carbons (Fsp3) is 0.462. The lowest BCUT2D eigenvalue weighted by atomic mass is 10.1. The minimum Gasteiger partial charge on any atom is -0.490 e. The van der Waals surface area contributed by atoms with Crippen molar-refractivity contribution in [1.82, 2.24) is 4.90 Å². The van der Waals surface area contributed by atoms with Crippen LogP contribution in [0.15, 0.2) is 18.2 Å². The summed E-state index contributed by atoms with van der Waals surface area (Å²) in [5, 5.41) is 19.7. The van der Waals surface area contributed by atoms with Crippen molar-refractivity contribution in [2.75, 3.05) is 13.1 Å². The lowest BCUT2D eigenvalue weighted by molar-refractivity contribution is -0.385. The van der Waals surface area contributed by atoms with Gasteiger partial charge in [0.25, 0.3) is 5.69 Å². The van der Waals surface area contributed by atoms with Crippen LogP contribution >= 0.6 is 0 Å². The standard InChI is InChI=1S/C13H16N2O5/c1-9-2-3-11(8-12(9)15(18)19)20-10-4-6-14(7-5-10)13(16)17/h2-3,8,10H,4-7H2,1H3,(H,16,17). The van der Waals surface area contributed by atoms with Gasteiger partial charge in [0.2, 0.25) is 0 Å². The summed E-state index contributed by atoms with van der Waals surface area (Å²) < 4.78 is 5.71. The first-order chi connectivity index (χ1) is 9.47. The number of hydrogen-bond acceptors (Lipinski definition) is 4. The fourth-order valence-electron chi connectivity index (χ4n) is 2.22. The molecule has 7 heteroatoms. The zero-order valence-electron chi connectivity index (χ0n) is 11.1. The van der Waals surface area contributed by atoms with E-state index in [-0.39, 0.29) is 11.8 Å². The lowest BCUT2D eigenvalue weighted by Gasteiger charge is -2.30. The van der Waals surface area contributed by atoms with Crippen molar-refractivity contribution in [1.29, 1.82) is 0 Å². The number of carboxylic acid groups (broad SMARTS) is 1. The maximum atomic E-state index is 10.9. The number of hydrogen-bond donors (Lipinski definition) is 1. The van der Waals surface area contributed by atoms with Gasteiger partial charge in [-0.2, -0.15) is 0 Å². The van der Waals surface area contributed by atoms with Gasteiger partial charge in [0.05, 0.1) is 11.0 Å². The van der Waals surface area contributed by atoms with Crippen LogP contribution < -0.4 is 4.74 Å². The average Bonchev–Trinajstić information content (AvgIpc) is 2.41. The first-order valence-corrected chi connectivity index (χ1v) is 6.37. The topological polar surface area (TPSA) is 92.9 Å². The third-order valence-electron chi connectivity index (χ3n) is 3.39. The number of rotatable bonds is 3. The van der Waals surface area contributed by atoms with E-state index in [9.17, 15) is 14.9 Å². The van der Waals surface area contributed by atoms with Crippen molar-refractivity contribution < 1.29 is 19.6 Å². The fourth-order valence-corrected chi connectivity index (χ4v) is 2.22. The van der Waals surface area contributed by atoms with Crippen LogP contribution in [0.25, 0.3) is 0 Å². The highest BCUT2D eigenvalue weighted by Crippen LogP contribution is 2.26. The van der Waals surface area contributed by atoms with Crippen molar-refractivity contribution in [3.8, 4) is 5.75 Å². The zero-order valence-corrected chi connectivity index (χ0v) is 11.1. The Balaban J connectivity index is 1.99. The third kappa shape index (κ3) is 3.17. The quantitative estimate of drug-likeness (QED) is 0.678. The van der Waals surface area contributed by atoms with Gasteiger partial charge >= 0.3 is 6.09 Å². The number of benzene rings is 1. The zero-order chi connectivity index (χ0) is 14.7. The molecule has 0 aliphatic carbocycles. The second kappa shape index (κ2) is 5.77. The Hall–Kier alpha value is -2.31. The highest BCUT2D eigenvalue weighted by molar-refractivity contribution is 5.65. The molecule has 0 atom stereocenters. The van der Waals surface area contributed by atoms with E-state index in [2.05, 4.69) is 0 Å². The summed E-state index contributed by atoms with van der Waals surface area (Å²) in [6.45, 7) is 2.52. The monoisotopic (exact) mass is 280 g/mol. The van der Waals surface area contributed by atoms with Gasteiger partial charge in [0, 0.05) is 31.5 Å². The van der Waals surface area contributed by atoms with Crippen molar-refractivity contribution >= 4 is 11.8 Å². The van der Waals surface area contributed by atoms with Gasteiger partial charge in [-0.25, -0.2) is 4.79 Å². The molecule has 1 aromatic carbocycles. The first-order valence-electron chi connectivity index (χ1n) is 6.37. The highest BCUT2D eigenvalue weighted by atomic mass is 16.6. The van der Waals surface area contributed by atoms with Crippen LogP contribution in [0.1, 0.15) is 18.4 Å². The molecule has 0 spiro atoms. The molecule has 1 aliphatic heterocycles. The van der Waals surface area contributed by atoms with Crippen LogP contribution in [0, 0.1) is 17.0 Å². The Bertz CT molecular complexity index is 523. The molecule has 2 rings (SSSR count). The van der Waals surface area contributed by atoms with Gasteiger partial charge < -0.3 is 14.7 Å². The summed E-state index contributed by atoms with van der Waals surface area (Å²) in [5.41, 5.74) is 0.619. The van der Waals surface area contributed by atoms with E-state index in [0.717, 1.165) is 0 Å². The van der Waals surface area contributed by atoms with E-state index in [0.29, 0.717) is 37.2 Å². The van der Waals surface area contributed by atoms with Crippen LogP contribution in [0.3, 0.4) is 0 Å². The number of nitro groups is 1. The summed E-state index contributed by atoms with van der Waals surface area (Å²) in [7, 11) is 0. The minimum atomic E-state index is -0.922. The first kappa shape index (κ1) is 14.1. The van der Waals surface area contributed by atoms with E-state index in [1.54, 1.807) is 19.1 Å². The summed E-state index contributed by atoms with van der Waals surface area (Å²) in [5.74, 6) is 0.455. The molecule has 0 unspecified atom stereocenters. The van der Waals surface area contributed by atoms with Crippen LogP contribution in [-0.4, -0.2) is 40.2 Å². The Morgan fingerprint density at radius 2 is 2.10 bits per heavy atom. The molecule has 108 valence electrons. The number of nitrogens with zero attached hydrogens (tertiary/aromatic N) is 2. The molecule has 1 saturated heterocycles. The second-order valence-electron chi connectivity index (χ2n) is 4.79. The number of carbonyl (C=O) groups is 1. The van der Waals surface area contributed by atoms with Crippen molar-refractivity contribution in [2.24, 2.45) is 0 Å². The Morgan fingerprint density at radius 3 is 2.65 bits per heavy atom. The number of aryl methyl sites for hydroxylation is 1. The molecule has 1 aromatic rings. The number of ether oxygens (including phenoxy) is 1. The Labute approximate surface area is 115 Å². The van der Waals surface area contributed by atoms with Gasteiger partial charge in [-0.3, -0.25) is 10.1 Å². The third-order valence-corrected chi connectivity index (χ3v) is 3.39. The Morgan fingerprint density at radius 1 is 1.45 bits per heavy atom. The maximum Gasteiger partial charge on any atom is 0.407 e. The molecule has 0 aromatic heterocycles. The Kier molecular flexibility index (Phi) is 4.07. The van der Waals surface area contributed by atoms with E-state index >= 15 is 0 Å². The predicted octanol–water partition coefficient (Wildman–Crippen LogP) is 2.42. The van der Waals surface area contributed by atoms with Crippen molar-refractivity contribution in [3.05, 3.63) is 33.9 Å². The van der Waals surface area contributed by atoms with E-state index in [1.165, 1.54) is 11.0 Å². The molecular weight excluding hydrogens is 264 g/mol. The number of nitro benzene ring substituents is 1. The van der Waals surface area contributed by atoms with Crippen LogP contribution in [0.5, 0.6) is 5.75 Å². The number of amides is 1.